The van der Waals surface area contributed by atoms with Crippen LogP contribution in [0.2, 0.25) is 0 Å². The Labute approximate surface area is 209 Å². The van der Waals surface area contributed by atoms with Gasteiger partial charge >= 0.3 is 5.97 Å². The zero-order valence-corrected chi connectivity index (χ0v) is 20.1. The Morgan fingerprint density at radius 1 is 1.17 bits per heavy atom. The summed E-state index contributed by atoms with van der Waals surface area (Å²) in [5, 5.41) is 9.47. The topological polar surface area (TPSA) is 188 Å². The summed E-state index contributed by atoms with van der Waals surface area (Å²) in [5.41, 5.74) is 5.73. The van der Waals surface area contributed by atoms with E-state index in [1.807, 2.05) is 0 Å². The molecule has 3 amide bonds. The molecule has 5 N–H and O–H groups in total. The third-order valence-electron chi connectivity index (χ3n) is 5.73. The zero-order chi connectivity index (χ0) is 26.2. The number of hydrogen-bond donors (Lipinski definition) is 4. The molecule has 0 unspecified atom stereocenters. The van der Waals surface area contributed by atoms with Crippen molar-refractivity contribution in [3.8, 4) is 0 Å². The Bertz CT molecular complexity index is 1380. The molecular formula is C22H21N4O8S2+. The number of aromatic nitrogens is 1. The smallest absolute Gasteiger partial charge is 0.352 e. The Kier molecular flexibility index (Phi) is 6.84. The molecule has 2 aliphatic heterocycles. The van der Waals surface area contributed by atoms with Crippen molar-refractivity contribution in [1.29, 1.82) is 0 Å². The molecule has 14 heteroatoms. The molecule has 2 aliphatic rings. The number of carbonyl (C=O) groups is 4. The van der Waals surface area contributed by atoms with Crippen LogP contribution in [0.25, 0.3) is 0 Å². The van der Waals surface area contributed by atoms with E-state index in [2.05, 4.69) is 5.32 Å². The molecule has 4 rings (SSSR count). The van der Waals surface area contributed by atoms with Crippen LogP contribution in [-0.4, -0.2) is 63.8 Å². The van der Waals surface area contributed by atoms with Crippen LogP contribution in [0.5, 0.6) is 0 Å². The summed E-state index contributed by atoms with van der Waals surface area (Å²) in [5.74, 6) is -3.53. The SMILES string of the molecule is NC(=O)c1cc[n+](CC2=C(C(=O)O)N3C(=O)[C@@H](NC(=O)[C@@H](c4ccccc4)S(=O)(=O)O)[C@H]3SC2)cc1. The summed E-state index contributed by atoms with van der Waals surface area (Å²) in [7, 11) is -4.85. The fourth-order valence-corrected chi connectivity index (χ4v) is 6.24. The van der Waals surface area contributed by atoms with E-state index in [-0.39, 0.29) is 29.1 Å². The summed E-state index contributed by atoms with van der Waals surface area (Å²) in [6, 6.07) is 9.12. The number of aliphatic carboxylic acids is 1. The minimum Gasteiger partial charge on any atom is -0.477 e. The number of benzene rings is 1. The molecule has 188 valence electrons. The lowest BCUT2D eigenvalue weighted by atomic mass is 10.0. The molecule has 36 heavy (non-hydrogen) atoms. The highest BCUT2D eigenvalue weighted by Gasteiger charge is 2.55. The maximum absolute atomic E-state index is 12.9. The quantitative estimate of drug-likeness (QED) is 0.196. The first-order valence-corrected chi connectivity index (χ1v) is 13.0. The number of carbonyl (C=O) groups excluding carboxylic acids is 3. The second-order valence-electron chi connectivity index (χ2n) is 8.08. The molecule has 0 aliphatic carbocycles. The van der Waals surface area contributed by atoms with E-state index in [0.717, 1.165) is 4.90 Å². The molecule has 2 aromatic rings. The second kappa shape index (κ2) is 9.72. The van der Waals surface area contributed by atoms with Crippen molar-refractivity contribution >= 4 is 45.6 Å². The van der Waals surface area contributed by atoms with Gasteiger partial charge in [-0.15, -0.1) is 11.8 Å². The van der Waals surface area contributed by atoms with E-state index >= 15 is 0 Å². The van der Waals surface area contributed by atoms with E-state index in [1.54, 1.807) is 23.0 Å². The highest BCUT2D eigenvalue weighted by molar-refractivity contribution is 8.00. The van der Waals surface area contributed by atoms with Crippen LogP contribution in [0.1, 0.15) is 21.2 Å². The molecule has 0 saturated carbocycles. The number of nitrogens with one attached hydrogen (secondary N) is 1. The number of amides is 3. The lowest BCUT2D eigenvalue weighted by Crippen LogP contribution is -2.71. The third-order valence-corrected chi connectivity index (χ3v) is 8.16. The van der Waals surface area contributed by atoms with Gasteiger partial charge in [0.1, 0.15) is 17.1 Å². The molecule has 1 saturated heterocycles. The van der Waals surface area contributed by atoms with E-state index in [1.165, 1.54) is 48.2 Å². The van der Waals surface area contributed by atoms with Crippen LogP contribution < -0.4 is 15.6 Å². The number of nitrogens with zero attached hydrogens (tertiary/aromatic N) is 2. The van der Waals surface area contributed by atoms with Gasteiger partial charge in [0.15, 0.2) is 24.2 Å². The third kappa shape index (κ3) is 4.82. The summed E-state index contributed by atoms with van der Waals surface area (Å²) in [4.78, 5) is 50.1. The Hall–Kier alpha value is -3.75. The lowest BCUT2D eigenvalue weighted by molar-refractivity contribution is -0.689. The number of nitrogens with two attached hydrogens (primary N) is 1. The van der Waals surface area contributed by atoms with Crippen molar-refractivity contribution in [2.45, 2.75) is 23.2 Å². The van der Waals surface area contributed by atoms with Gasteiger partial charge in [-0.2, -0.15) is 8.42 Å². The molecule has 1 fully saturated rings. The zero-order valence-electron chi connectivity index (χ0n) is 18.5. The van der Waals surface area contributed by atoms with E-state index in [9.17, 15) is 37.3 Å². The Balaban J connectivity index is 1.54. The van der Waals surface area contributed by atoms with Crippen LogP contribution in [0.15, 0.2) is 66.1 Å². The number of carboxylic acids is 1. The van der Waals surface area contributed by atoms with Gasteiger partial charge in [-0.05, 0) is 5.56 Å². The number of fused-ring (bicyclic) bond motifs is 1. The van der Waals surface area contributed by atoms with Gasteiger partial charge in [-0.25, -0.2) is 9.36 Å². The van der Waals surface area contributed by atoms with Gasteiger partial charge in [0.05, 0.1) is 5.56 Å². The number of pyridine rings is 1. The minimum absolute atomic E-state index is 0.0187. The highest BCUT2D eigenvalue weighted by atomic mass is 32.2. The first kappa shape index (κ1) is 25.3. The summed E-state index contributed by atoms with van der Waals surface area (Å²) >= 11 is 1.21. The lowest BCUT2D eigenvalue weighted by Gasteiger charge is -2.49. The van der Waals surface area contributed by atoms with Crippen molar-refractivity contribution in [1.82, 2.24) is 10.2 Å². The normalized spacial score (nSPS) is 20.2. The molecule has 3 heterocycles. The highest BCUT2D eigenvalue weighted by Crippen LogP contribution is 2.40. The fourth-order valence-electron chi connectivity index (χ4n) is 4.07. The molecule has 3 atom stereocenters. The van der Waals surface area contributed by atoms with Crippen LogP contribution in [-0.2, 0) is 31.0 Å². The van der Waals surface area contributed by atoms with Crippen LogP contribution >= 0.6 is 11.8 Å². The van der Waals surface area contributed by atoms with Gasteiger partial charge < -0.3 is 16.2 Å². The summed E-state index contributed by atoms with van der Waals surface area (Å²) in [6.45, 7) is 0.125. The van der Waals surface area contributed by atoms with Gasteiger partial charge in [0.25, 0.3) is 16.0 Å². The van der Waals surface area contributed by atoms with Gasteiger partial charge in [-0.1, -0.05) is 30.3 Å². The van der Waals surface area contributed by atoms with Crippen LogP contribution in [0.4, 0.5) is 0 Å². The van der Waals surface area contributed by atoms with Crippen molar-refractivity contribution in [2.24, 2.45) is 5.73 Å². The monoisotopic (exact) mass is 533 g/mol. The number of primary amides is 1. The Morgan fingerprint density at radius 2 is 1.81 bits per heavy atom. The van der Waals surface area contributed by atoms with E-state index in [0.29, 0.717) is 5.57 Å². The largest absolute Gasteiger partial charge is 0.477 e. The van der Waals surface area contributed by atoms with Crippen LogP contribution in [0.3, 0.4) is 0 Å². The molecule has 0 spiro atoms. The van der Waals surface area contributed by atoms with Crippen molar-refractivity contribution in [3.05, 3.63) is 77.3 Å². The van der Waals surface area contributed by atoms with Crippen LogP contribution in [0, 0.1) is 0 Å². The molecule has 12 nitrogen and oxygen atoms in total. The first-order chi connectivity index (χ1) is 17.0. The van der Waals surface area contributed by atoms with E-state index in [4.69, 9.17) is 5.73 Å². The number of thioether (sulfide) groups is 1. The van der Waals surface area contributed by atoms with Crippen molar-refractivity contribution in [3.63, 3.8) is 0 Å². The average Bonchev–Trinajstić information content (AvgIpc) is 2.82. The molecule has 0 bridgehead atoms. The molecular weight excluding hydrogens is 512 g/mol. The molecule has 1 aromatic carbocycles. The summed E-state index contributed by atoms with van der Waals surface area (Å²) < 4.78 is 35.1. The fraction of sp³-hybridized carbons (Fsp3) is 0.227. The molecule has 1 aromatic heterocycles. The predicted molar refractivity (Wildman–Crippen MR) is 126 cm³/mol. The number of carboxylic acid groups (broad SMARTS) is 1. The minimum atomic E-state index is -4.85. The maximum atomic E-state index is 12.9. The van der Waals surface area contributed by atoms with Crippen molar-refractivity contribution < 1.29 is 41.8 Å². The van der Waals surface area contributed by atoms with Gasteiger partial charge in [0, 0.05) is 23.5 Å². The first-order valence-electron chi connectivity index (χ1n) is 10.5. The molecule has 0 radical (unpaired) electrons. The predicted octanol–water partition coefficient (Wildman–Crippen LogP) is -0.559. The van der Waals surface area contributed by atoms with Gasteiger partial charge in [-0.3, -0.25) is 23.8 Å². The Morgan fingerprint density at radius 3 is 2.36 bits per heavy atom. The van der Waals surface area contributed by atoms with Crippen molar-refractivity contribution in [2.75, 3.05) is 5.75 Å². The number of β-lactam (4-membered cyclic amide) rings is 1. The standard InChI is InChI=1S/C22H20N4O8S2/c23-18(27)13-6-8-25(9-7-13)10-14-11-35-21-15(20(29)26(21)16(14)22(30)31)24-19(28)17(36(32,33)34)12-4-2-1-3-5-12/h1-9,15,17,21H,10-11H2,(H4-,23,24,27,28,30,31,32,33,34)/p+1/t15-,17-,21-/m1/s1. The van der Waals surface area contributed by atoms with Gasteiger partial charge in [0.2, 0.25) is 11.8 Å². The number of rotatable bonds is 8. The maximum Gasteiger partial charge on any atom is 0.352 e. The number of hydrogen-bond acceptors (Lipinski definition) is 7. The second-order valence-corrected chi connectivity index (χ2v) is 10.7. The summed E-state index contributed by atoms with van der Waals surface area (Å²) in [6.07, 6.45) is 3.12. The van der Waals surface area contributed by atoms with E-state index < -0.39 is 50.5 Å². The average molecular weight is 534 g/mol.